The van der Waals surface area contributed by atoms with Crippen molar-refractivity contribution in [1.29, 1.82) is 0 Å². The third-order valence-corrected chi connectivity index (χ3v) is 6.02. The van der Waals surface area contributed by atoms with Crippen LogP contribution in [-0.2, 0) is 14.9 Å². The van der Waals surface area contributed by atoms with Crippen molar-refractivity contribution in [2.45, 2.75) is 71.4 Å². The van der Waals surface area contributed by atoms with Crippen LogP contribution in [0.2, 0.25) is 0 Å². The molecular formula is C23H38N2O2. The lowest BCUT2D eigenvalue weighted by Gasteiger charge is -2.44. The monoisotopic (exact) mass is 374 g/mol. The van der Waals surface area contributed by atoms with E-state index in [4.69, 9.17) is 4.74 Å². The predicted molar refractivity (Wildman–Crippen MR) is 112 cm³/mol. The van der Waals surface area contributed by atoms with Crippen molar-refractivity contribution < 1.29 is 9.53 Å². The Labute approximate surface area is 165 Å². The van der Waals surface area contributed by atoms with Crippen molar-refractivity contribution in [3.05, 3.63) is 35.4 Å². The molecule has 2 rings (SSSR count). The van der Waals surface area contributed by atoms with Gasteiger partial charge in [-0.2, -0.15) is 0 Å². The fraction of sp³-hybridized carbons (Fsp3) is 0.696. The molecule has 0 saturated carbocycles. The fourth-order valence-electron chi connectivity index (χ4n) is 4.12. The molecule has 1 aromatic rings. The van der Waals surface area contributed by atoms with Gasteiger partial charge in [0, 0.05) is 51.9 Å². The van der Waals surface area contributed by atoms with Gasteiger partial charge in [-0.25, -0.2) is 0 Å². The average molecular weight is 375 g/mol. The normalized spacial score (nSPS) is 21.5. The molecule has 1 aliphatic heterocycles. The zero-order chi connectivity index (χ0) is 20.0. The first-order valence-corrected chi connectivity index (χ1v) is 10.3. The molecule has 1 saturated heterocycles. The average Bonchev–Trinajstić information content (AvgIpc) is 2.62. The van der Waals surface area contributed by atoms with Crippen molar-refractivity contribution in [1.82, 2.24) is 9.80 Å². The molecule has 0 bridgehead atoms. The first-order valence-electron chi connectivity index (χ1n) is 10.3. The SMILES string of the molecule is COCCCN1C(C)CN(C(=O)CCC(C)(C)c2ccc(C)cc2)CC1C. The molecule has 152 valence electrons. The third kappa shape index (κ3) is 6.05. The number of hydrogen-bond acceptors (Lipinski definition) is 3. The molecule has 1 aliphatic rings. The van der Waals surface area contributed by atoms with Gasteiger partial charge in [0.25, 0.3) is 0 Å². The minimum absolute atomic E-state index is 0.0164. The van der Waals surface area contributed by atoms with Gasteiger partial charge >= 0.3 is 0 Å². The van der Waals surface area contributed by atoms with E-state index in [1.165, 1.54) is 11.1 Å². The van der Waals surface area contributed by atoms with Gasteiger partial charge in [0.15, 0.2) is 0 Å². The lowest BCUT2D eigenvalue weighted by atomic mass is 9.80. The number of carbonyl (C=O) groups is 1. The van der Waals surface area contributed by atoms with Crippen LogP contribution < -0.4 is 0 Å². The summed E-state index contributed by atoms with van der Waals surface area (Å²) in [6, 6.07) is 9.51. The topological polar surface area (TPSA) is 32.8 Å². The van der Waals surface area contributed by atoms with Gasteiger partial charge in [-0.15, -0.1) is 0 Å². The van der Waals surface area contributed by atoms with Gasteiger partial charge < -0.3 is 9.64 Å². The van der Waals surface area contributed by atoms with E-state index in [-0.39, 0.29) is 5.41 Å². The number of hydrogen-bond donors (Lipinski definition) is 0. The minimum Gasteiger partial charge on any atom is -0.385 e. The van der Waals surface area contributed by atoms with Crippen LogP contribution in [0.25, 0.3) is 0 Å². The van der Waals surface area contributed by atoms with Crippen molar-refractivity contribution >= 4 is 5.91 Å². The van der Waals surface area contributed by atoms with E-state index in [2.05, 4.69) is 68.7 Å². The lowest BCUT2D eigenvalue weighted by Crippen LogP contribution is -2.58. The van der Waals surface area contributed by atoms with E-state index in [0.29, 0.717) is 24.4 Å². The van der Waals surface area contributed by atoms with Gasteiger partial charge in [-0.1, -0.05) is 43.7 Å². The fourth-order valence-corrected chi connectivity index (χ4v) is 4.12. The van der Waals surface area contributed by atoms with Gasteiger partial charge in [0.05, 0.1) is 0 Å². The molecule has 1 fully saturated rings. The quantitative estimate of drug-likeness (QED) is 0.645. The summed E-state index contributed by atoms with van der Waals surface area (Å²) in [6.45, 7) is 14.6. The van der Waals surface area contributed by atoms with Crippen LogP contribution in [-0.4, -0.2) is 61.1 Å². The number of methoxy groups -OCH3 is 1. The Morgan fingerprint density at radius 3 is 2.30 bits per heavy atom. The molecule has 0 aromatic heterocycles. The first kappa shape index (κ1) is 21.9. The van der Waals surface area contributed by atoms with Crippen LogP contribution in [0.5, 0.6) is 0 Å². The molecule has 0 spiro atoms. The van der Waals surface area contributed by atoms with Crippen LogP contribution in [0, 0.1) is 6.92 Å². The van der Waals surface area contributed by atoms with E-state index in [1.807, 2.05) is 0 Å². The van der Waals surface area contributed by atoms with Crippen LogP contribution in [0.1, 0.15) is 58.1 Å². The smallest absolute Gasteiger partial charge is 0.222 e. The summed E-state index contributed by atoms with van der Waals surface area (Å²) in [4.78, 5) is 17.5. The lowest BCUT2D eigenvalue weighted by molar-refractivity contribution is -0.136. The summed E-state index contributed by atoms with van der Waals surface area (Å²) in [7, 11) is 1.75. The summed E-state index contributed by atoms with van der Waals surface area (Å²) < 4.78 is 5.18. The first-order chi connectivity index (χ1) is 12.7. The van der Waals surface area contributed by atoms with E-state index in [0.717, 1.165) is 39.1 Å². The number of amides is 1. The molecule has 0 aliphatic carbocycles. The number of nitrogens with zero attached hydrogens (tertiary/aromatic N) is 2. The second-order valence-corrected chi connectivity index (χ2v) is 8.83. The standard InChI is InChI=1S/C23H38N2O2/c1-18-8-10-21(11-9-18)23(4,5)13-12-22(26)24-16-19(2)25(20(3)17-24)14-7-15-27-6/h8-11,19-20H,7,12-17H2,1-6H3. The molecule has 1 heterocycles. The maximum atomic E-state index is 12.9. The Morgan fingerprint density at radius 1 is 1.15 bits per heavy atom. The Kier molecular flexibility index (Phi) is 7.87. The molecule has 4 heteroatoms. The van der Waals surface area contributed by atoms with Crippen molar-refractivity contribution in [2.75, 3.05) is 33.4 Å². The molecule has 0 radical (unpaired) electrons. The summed E-state index contributed by atoms with van der Waals surface area (Å²) in [5.41, 5.74) is 2.60. The number of carbonyl (C=O) groups excluding carboxylic acids is 1. The zero-order valence-corrected chi connectivity index (χ0v) is 18.1. The number of piperazine rings is 1. The summed E-state index contributed by atoms with van der Waals surface area (Å²) in [6.07, 6.45) is 2.54. The van der Waals surface area contributed by atoms with Crippen molar-refractivity contribution in [3.8, 4) is 0 Å². The molecule has 4 nitrogen and oxygen atoms in total. The Bertz CT molecular complexity index is 585. The van der Waals surface area contributed by atoms with E-state index in [1.54, 1.807) is 7.11 Å². The summed E-state index contributed by atoms with van der Waals surface area (Å²) >= 11 is 0. The van der Waals surface area contributed by atoms with E-state index < -0.39 is 0 Å². The molecule has 1 amide bonds. The highest BCUT2D eigenvalue weighted by molar-refractivity contribution is 5.76. The predicted octanol–water partition coefficient (Wildman–Crippen LogP) is 4.01. The highest BCUT2D eigenvalue weighted by atomic mass is 16.5. The maximum absolute atomic E-state index is 12.9. The van der Waals surface area contributed by atoms with Gasteiger partial charge in [0.2, 0.25) is 5.91 Å². The Morgan fingerprint density at radius 2 is 1.74 bits per heavy atom. The van der Waals surface area contributed by atoms with Crippen molar-refractivity contribution in [3.63, 3.8) is 0 Å². The van der Waals surface area contributed by atoms with Crippen LogP contribution in [0.3, 0.4) is 0 Å². The summed E-state index contributed by atoms with van der Waals surface area (Å²) in [5, 5.41) is 0. The molecule has 2 unspecified atom stereocenters. The molecule has 2 atom stereocenters. The molecule has 0 N–H and O–H groups in total. The third-order valence-electron chi connectivity index (χ3n) is 6.02. The van der Waals surface area contributed by atoms with Crippen LogP contribution >= 0.6 is 0 Å². The molecule has 27 heavy (non-hydrogen) atoms. The maximum Gasteiger partial charge on any atom is 0.222 e. The van der Waals surface area contributed by atoms with Gasteiger partial charge in [-0.05, 0) is 44.6 Å². The Balaban J connectivity index is 1.88. The highest BCUT2D eigenvalue weighted by Crippen LogP contribution is 2.29. The van der Waals surface area contributed by atoms with Gasteiger partial charge in [-0.3, -0.25) is 9.69 Å². The van der Waals surface area contributed by atoms with Crippen molar-refractivity contribution in [2.24, 2.45) is 0 Å². The zero-order valence-electron chi connectivity index (χ0n) is 18.1. The molecular weight excluding hydrogens is 336 g/mol. The second-order valence-electron chi connectivity index (χ2n) is 8.83. The Hall–Kier alpha value is -1.39. The number of rotatable bonds is 8. The highest BCUT2D eigenvalue weighted by Gasteiger charge is 2.32. The number of ether oxygens (including phenoxy) is 1. The van der Waals surface area contributed by atoms with E-state index in [9.17, 15) is 4.79 Å². The number of aryl methyl sites for hydroxylation is 1. The minimum atomic E-state index is 0.0164. The summed E-state index contributed by atoms with van der Waals surface area (Å²) in [5.74, 6) is 0.297. The number of benzene rings is 1. The van der Waals surface area contributed by atoms with E-state index >= 15 is 0 Å². The van der Waals surface area contributed by atoms with Gasteiger partial charge in [0.1, 0.15) is 0 Å². The largest absolute Gasteiger partial charge is 0.385 e. The van der Waals surface area contributed by atoms with Crippen LogP contribution in [0.4, 0.5) is 0 Å². The molecule has 1 aromatic carbocycles. The second kappa shape index (κ2) is 9.70. The van der Waals surface area contributed by atoms with Crippen LogP contribution in [0.15, 0.2) is 24.3 Å².